The first-order valence-corrected chi connectivity index (χ1v) is 7.87. The number of ether oxygens (including phenoxy) is 1. The number of benzene rings is 1. The summed E-state index contributed by atoms with van der Waals surface area (Å²) in [7, 11) is -2.48. The fraction of sp³-hybridized carbons (Fsp3) is 0.273. The molecule has 20 heavy (non-hydrogen) atoms. The quantitative estimate of drug-likeness (QED) is 0.858. The molecule has 2 aromatic rings. The van der Waals surface area contributed by atoms with E-state index in [-0.39, 0.29) is 22.4 Å². The maximum absolute atomic E-state index is 12.3. The molecule has 1 aromatic carbocycles. The molecule has 2 N–H and O–H groups in total. The molecule has 108 valence electrons. The van der Waals surface area contributed by atoms with Crippen molar-refractivity contribution in [1.82, 2.24) is 10.2 Å². The molecule has 0 aliphatic heterocycles. The van der Waals surface area contributed by atoms with Crippen LogP contribution in [0.5, 0.6) is 5.75 Å². The molecule has 2 rings (SSSR count). The zero-order valence-electron chi connectivity index (χ0n) is 10.8. The van der Waals surface area contributed by atoms with Crippen LogP contribution < -0.4 is 9.46 Å². The second-order valence-corrected chi connectivity index (χ2v) is 6.71. The van der Waals surface area contributed by atoms with Gasteiger partial charge in [0.2, 0.25) is 5.13 Å². The molecule has 0 bridgehead atoms. The van der Waals surface area contributed by atoms with Gasteiger partial charge < -0.3 is 9.84 Å². The lowest BCUT2D eigenvalue weighted by molar-refractivity contribution is 0.281. The summed E-state index contributed by atoms with van der Waals surface area (Å²) in [6.45, 7) is 1.47. The van der Waals surface area contributed by atoms with E-state index in [1.807, 2.05) is 0 Å². The number of aromatic nitrogens is 2. The van der Waals surface area contributed by atoms with Crippen molar-refractivity contribution in [3.8, 4) is 5.75 Å². The first-order chi connectivity index (χ1) is 9.46. The van der Waals surface area contributed by atoms with Gasteiger partial charge in [-0.05, 0) is 24.6 Å². The molecule has 0 radical (unpaired) electrons. The number of nitrogens with zero attached hydrogens (tertiary/aromatic N) is 2. The fourth-order valence-corrected chi connectivity index (χ4v) is 3.58. The van der Waals surface area contributed by atoms with Crippen molar-refractivity contribution in [3.63, 3.8) is 0 Å². The van der Waals surface area contributed by atoms with Gasteiger partial charge in [0.1, 0.15) is 15.7 Å². The third kappa shape index (κ3) is 3.06. The number of aliphatic hydroxyl groups is 1. The second kappa shape index (κ2) is 5.73. The van der Waals surface area contributed by atoms with E-state index in [1.54, 1.807) is 13.0 Å². The minimum absolute atomic E-state index is 0.0561. The molecule has 0 unspecified atom stereocenters. The van der Waals surface area contributed by atoms with Crippen LogP contribution in [0.15, 0.2) is 23.1 Å². The summed E-state index contributed by atoms with van der Waals surface area (Å²) < 4.78 is 32.0. The van der Waals surface area contributed by atoms with Gasteiger partial charge in [-0.1, -0.05) is 17.4 Å². The summed E-state index contributed by atoms with van der Waals surface area (Å²) in [6.07, 6.45) is 0. The molecular weight excluding hydrogens is 302 g/mol. The molecule has 0 aliphatic rings. The van der Waals surface area contributed by atoms with Gasteiger partial charge in [0.05, 0.1) is 13.7 Å². The highest BCUT2D eigenvalue weighted by molar-refractivity contribution is 7.93. The Morgan fingerprint density at radius 2 is 2.15 bits per heavy atom. The molecule has 0 spiro atoms. The normalized spacial score (nSPS) is 11.3. The summed E-state index contributed by atoms with van der Waals surface area (Å²) in [4.78, 5) is -0.0561. The minimum atomic E-state index is -3.85. The van der Waals surface area contributed by atoms with Crippen LogP contribution in [0.25, 0.3) is 0 Å². The van der Waals surface area contributed by atoms with Crippen LogP contribution >= 0.6 is 11.3 Å². The largest absolute Gasteiger partial charge is 0.495 e. The van der Waals surface area contributed by atoms with Crippen LogP contribution in [0.2, 0.25) is 0 Å². The monoisotopic (exact) mass is 315 g/mol. The molecule has 0 saturated carbocycles. The molecule has 0 fully saturated rings. The molecular formula is C11H13N3O4S2. The molecule has 1 aromatic heterocycles. The van der Waals surface area contributed by atoms with Gasteiger partial charge in [-0.25, -0.2) is 8.42 Å². The topological polar surface area (TPSA) is 101 Å². The number of anilines is 1. The van der Waals surface area contributed by atoms with Gasteiger partial charge in [-0.15, -0.1) is 10.2 Å². The molecule has 9 heteroatoms. The van der Waals surface area contributed by atoms with Gasteiger partial charge in [0.25, 0.3) is 10.0 Å². The van der Waals surface area contributed by atoms with Crippen molar-refractivity contribution < 1.29 is 18.3 Å². The molecule has 0 saturated heterocycles. The lowest BCUT2D eigenvalue weighted by Gasteiger charge is -2.10. The van der Waals surface area contributed by atoms with Gasteiger partial charge in [0, 0.05) is 0 Å². The number of hydrogen-bond acceptors (Lipinski definition) is 7. The third-order valence-electron chi connectivity index (χ3n) is 2.45. The highest BCUT2D eigenvalue weighted by atomic mass is 32.2. The first-order valence-electron chi connectivity index (χ1n) is 5.57. The van der Waals surface area contributed by atoms with Crippen LogP contribution in [0.4, 0.5) is 5.13 Å². The van der Waals surface area contributed by atoms with E-state index in [2.05, 4.69) is 14.9 Å². The lowest BCUT2D eigenvalue weighted by atomic mass is 10.2. The van der Waals surface area contributed by atoms with Crippen molar-refractivity contribution in [2.24, 2.45) is 0 Å². The second-order valence-electron chi connectivity index (χ2n) is 3.88. The van der Waals surface area contributed by atoms with Gasteiger partial charge >= 0.3 is 0 Å². The Hall–Kier alpha value is -1.71. The van der Waals surface area contributed by atoms with Crippen LogP contribution in [0.3, 0.4) is 0 Å². The van der Waals surface area contributed by atoms with Crippen molar-refractivity contribution in [2.75, 3.05) is 11.8 Å². The smallest absolute Gasteiger partial charge is 0.267 e. The Morgan fingerprint density at radius 1 is 1.40 bits per heavy atom. The summed E-state index contributed by atoms with van der Waals surface area (Å²) in [5.74, 6) is 0.191. The van der Waals surface area contributed by atoms with Gasteiger partial charge in [-0.3, -0.25) is 4.72 Å². The standard InChI is InChI=1S/C11H13N3O4S2/c1-7-12-13-11(19-7)14-20(16,17)10-5-8(6-15)3-4-9(10)18-2/h3-5,15H,6H2,1-2H3,(H,13,14). The first kappa shape index (κ1) is 14.7. The maximum Gasteiger partial charge on any atom is 0.267 e. The summed E-state index contributed by atoms with van der Waals surface area (Å²) in [5.41, 5.74) is 0.472. The van der Waals surface area contributed by atoms with Gasteiger partial charge in [0.15, 0.2) is 0 Å². The summed E-state index contributed by atoms with van der Waals surface area (Å²) in [5, 5.41) is 17.4. The zero-order chi connectivity index (χ0) is 14.8. The predicted molar refractivity (Wildman–Crippen MR) is 74.4 cm³/mol. The van der Waals surface area contributed by atoms with Gasteiger partial charge in [-0.2, -0.15) is 0 Å². The van der Waals surface area contributed by atoms with Crippen molar-refractivity contribution >= 4 is 26.5 Å². The number of aryl methyl sites for hydroxylation is 1. The van der Waals surface area contributed by atoms with Crippen LogP contribution in [0.1, 0.15) is 10.6 Å². The highest BCUT2D eigenvalue weighted by Crippen LogP contribution is 2.27. The third-order valence-corrected chi connectivity index (χ3v) is 4.69. The Labute approximate surface area is 120 Å². The van der Waals surface area contributed by atoms with Crippen molar-refractivity contribution in [2.45, 2.75) is 18.4 Å². The minimum Gasteiger partial charge on any atom is -0.495 e. The average Bonchev–Trinajstić information content (AvgIpc) is 2.82. The van der Waals surface area contributed by atoms with E-state index in [4.69, 9.17) is 9.84 Å². The van der Waals surface area contributed by atoms with Crippen molar-refractivity contribution in [1.29, 1.82) is 0 Å². The average molecular weight is 315 g/mol. The molecule has 1 heterocycles. The van der Waals surface area contributed by atoms with E-state index in [1.165, 1.54) is 19.2 Å². The Kier molecular flexibility index (Phi) is 4.21. The SMILES string of the molecule is COc1ccc(CO)cc1S(=O)(=O)Nc1nnc(C)s1. The van der Waals surface area contributed by atoms with Crippen molar-refractivity contribution in [3.05, 3.63) is 28.8 Å². The van der Waals surface area contributed by atoms with Crippen LogP contribution in [0, 0.1) is 6.92 Å². The number of methoxy groups -OCH3 is 1. The fourth-order valence-electron chi connectivity index (χ4n) is 1.54. The number of sulfonamides is 1. The molecule has 0 aliphatic carbocycles. The summed E-state index contributed by atoms with van der Waals surface area (Å²) >= 11 is 1.13. The van der Waals surface area contributed by atoms with E-state index in [0.29, 0.717) is 10.6 Å². The molecule has 0 amide bonds. The van der Waals surface area contributed by atoms with E-state index in [9.17, 15) is 8.42 Å². The molecule has 7 nitrogen and oxygen atoms in total. The Balaban J connectivity index is 2.42. The lowest BCUT2D eigenvalue weighted by Crippen LogP contribution is -2.14. The number of hydrogen-bond donors (Lipinski definition) is 2. The van der Waals surface area contributed by atoms with Crippen LogP contribution in [-0.2, 0) is 16.6 Å². The summed E-state index contributed by atoms with van der Waals surface area (Å²) in [6, 6.07) is 4.44. The number of nitrogens with one attached hydrogen (secondary N) is 1. The maximum atomic E-state index is 12.3. The number of rotatable bonds is 5. The van der Waals surface area contributed by atoms with Crippen LogP contribution in [-0.4, -0.2) is 30.8 Å². The zero-order valence-corrected chi connectivity index (χ0v) is 12.5. The number of aliphatic hydroxyl groups excluding tert-OH is 1. The van der Waals surface area contributed by atoms with E-state index >= 15 is 0 Å². The predicted octanol–water partition coefficient (Wildman–Crippen LogP) is 1.15. The Morgan fingerprint density at radius 3 is 2.70 bits per heavy atom. The van der Waals surface area contributed by atoms with E-state index in [0.717, 1.165) is 11.3 Å². The molecule has 0 atom stereocenters. The highest BCUT2D eigenvalue weighted by Gasteiger charge is 2.21. The Bertz CT molecular complexity index is 712. The van der Waals surface area contributed by atoms with E-state index < -0.39 is 10.0 Å².